The molecule has 1 aromatic carbocycles. The second-order valence-corrected chi connectivity index (χ2v) is 6.74. The van der Waals surface area contributed by atoms with Crippen LogP contribution in [-0.4, -0.2) is 5.11 Å². The molecule has 1 aromatic rings. The van der Waals surface area contributed by atoms with E-state index in [4.69, 9.17) is 0 Å². The molecule has 4 bridgehead atoms. The van der Waals surface area contributed by atoms with Gasteiger partial charge in [-0.25, -0.2) is 0 Å². The summed E-state index contributed by atoms with van der Waals surface area (Å²) < 4.78 is 0. The summed E-state index contributed by atoms with van der Waals surface area (Å²) in [5, 5.41) is 9.44. The normalized spacial score (nSPS) is 42.9. The van der Waals surface area contributed by atoms with Crippen LogP contribution in [-0.2, 0) is 5.41 Å². The van der Waals surface area contributed by atoms with Crippen LogP contribution in [0.3, 0.4) is 0 Å². The van der Waals surface area contributed by atoms with Crippen LogP contribution in [0.1, 0.15) is 44.1 Å². The molecule has 0 unspecified atom stereocenters. The maximum atomic E-state index is 9.44. The van der Waals surface area contributed by atoms with Gasteiger partial charge in [-0.15, -0.1) is 0 Å². The third-order valence-electron chi connectivity index (χ3n) is 5.52. The lowest BCUT2D eigenvalue weighted by molar-refractivity contribution is -0.00520. The van der Waals surface area contributed by atoms with Gasteiger partial charge in [0.2, 0.25) is 0 Å². The Kier molecular flexibility index (Phi) is 1.93. The van der Waals surface area contributed by atoms with Crippen LogP contribution in [0.25, 0.3) is 0 Å². The van der Waals surface area contributed by atoms with Crippen LogP contribution < -0.4 is 0 Å². The van der Waals surface area contributed by atoms with Crippen molar-refractivity contribution in [3.63, 3.8) is 0 Å². The molecule has 0 spiro atoms. The molecule has 0 heterocycles. The maximum Gasteiger partial charge on any atom is 0.115 e. The van der Waals surface area contributed by atoms with E-state index >= 15 is 0 Å². The van der Waals surface area contributed by atoms with Gasteiger partial charge in [0.1, 0.15) is 5.75 Å². The molecule has 4 aliphatic rings. The Balaban J connectivity index is 1.74. The lowest BCUT2D eigenvalue weighted by Gasteiger charge is -2.57. The fourth-order valence-electron chi connectivity index (χ4n) is 5.28. The molecule has 0 aliphatic heterocycles. The Morgan fingerprint density at radius 3 is 1.76 bits per heavy atom. The van der Waals surface area contributed by atoms with Crippen LogP contribution in [0.2, 0.25) is 0 Å². The van der Waals surface area contributed by atoms with Crippen molar-refractivity contribution in [3.8, 4) is 5.75 Å². The van der Waals surface area contributed by atoms with E-state index in [9.17, 15) is 5.11 Å². The molecule has 0 atom stereocenters. The van der Waals surface area contributed by atoms with E-state index in [1.165, 1.54) is 44.1 Å². The topological polar surface area (TPSA) is 20.2 Å². The molecule has 90 valence electrons. The van der Waals surface area contributed by atoms with Crippen molar-refractivity contribution in [2.24, 2.45) is 17.8 Å². The Labute approximate surface area is 103 Å². The van der Waals surface area contributed by atoms with Crippen LogP contribution >= 0.6 is 0 Å². The molecular weight excluding hydrogens is 208 g/mol. The summed E-state index contributed by atoms with van der Waals surface area (Å²) in [6.07, 6.45) is 8.71. The number of hydrogen-bond donors (Lipinski definition) is 1. The average molecular weight is 228 g/mol. The Bertz CT molecular complexity index is 396. The minimum atomic E-state index is 0.401. The number of aromatic hydroxyl groups is 1. The standard InChI is InChI=1S/C16H20O/c17-15-3-1-14(2-4-15)16-8-11-5-12(9-16)7-13(6-11)10-16/h1-4,11-13,17H,5-10H2/t11-,12?,13?,16-. The van der Waals surface area contributed by atoms with Crippen molar-refractivity contribution in [2.45, 2.75) is 43.9 Å². The zero-order chi connectivity index (χ0) is 11.5. The van der Waals surface area contributed by atoms with E-state index in [0.717, 1.165) is 17.8 Å². The van der Waals surface area contributed by atoms with E-state index < -0.39 is 0 Å². The highest BCUT2D eigenvalue weighted by atomic mass is 16.3. The molecule has 17 heavy (non-hydrogen) atoms. The zero-order valence-corrected chi connectivity index (χ0v) is 10.2. The van der Waals surface area contributed by atoms with Crippen molar-refractivity contribution >= 4 is 0 Å². The van der Waals surface area contributed by atoms with Gasteiger partial charge in [-0.3, -0.25) is 0 Å². The summed E-state index contributed by atoms with van der Waals surface area (Å²) in [5.74, 6) is 3.39. The predicted molar refractivity (Wildman–Crippen MR) is 68.0 cm³/mol. The number of rotatable bonds is 1. The van der Waals surface area contributed by atoms with E-state index in [1.54, 1.807) is 0 Å². The van der Waals surface area contributed by atoms with E-state index in [1.807, 2.05) is 12.1 Å². The second kappa shape index (κ2) is 3.28. The largest absolute Gasteiger partial charge is 0.508 e. The minimum Gasteiger partial charge on any atom is -0.508 e. The van der Waals surface area contributed by atoms with Gasteiger partial charge in [-0.1, -0.05) is 12.1 Å². The van der Waals surface area contributed by atoms with Crippen molar-refractivity contribution in [3.05, 3.63) is 29.8 Å². The summed E-state index contributed by atoms with van der Waals surface area (Å²) in [6, 6.07) is 8.08. The van der Waals surface area contributed by atoms with Gasteiger partial charge in [0.05, 0.1) is 0 Å². The van der Waals surface area contributed by atoms with Crippen molar-refractivity contribution in [1.29, 1.82) is 0 Å². The van der Waals surface area contributed by atoms with Gasteiger partial charge in [-0.2, -0.15) is 0 Å². The number of hydrogen-bond acceptors (Lipinski definition) is 1. The van der Waals surface area contributed by atoms with Crippen LogP contribution in [0.5, 0.6) is 5.75 Å². The van der Waals surface area contributed by atoms with E-state index in [2.05, 4.69) is 12.1 Å². The van der Waals surface area contributed by atoms with Crippen molar-refractivity contribution in [2.75, 3.05) is 0 Å². The number of phenols is 1. The first-order valence-electron chi connectivity index (χ1n) is 7.03. The summed E-state index contributed by atoms with van der Waals surface area (Å²) >= 11 is 0. The first kappa shape index (κ1) is 9.99. The van der Waals surface area contributed by atoms with E-state index in [-0.39, 0.29) is 0 Å². The van der Waals surface area contributed by atoms with Gasteiger partial charge in [-0.05, 0) is 79.4 Å². The lowest BCUT2D eigenvalue weighted by atomic mass is 9.48. The zero-order valence-electron chi connectivity index (χ0n) is 10.2. The fraction of sp³-hybridized carbons (Fsp3) is 0.625. The van der Waals surface area contributed by atoms with Gasteiger partial charge in [0.15, 0.2) is 0 Å². The monoisotopic (exact) mass is 228 g/mol. The quantitative estimate of drug-likeness (QED) is 0.774. The molecule has 0 amide bonds. The van der Waals surface area contributed by atoms with Gasteiger partial charge in [0.25, 0.3) is 0 Å². The highest BCUT2D eigenvalue weighted by Crippen LogP contribution is 2.60. The van der Waals surface area contributed by atoms with E-state index in [0.29, 0.717) is 11.2 Å². The fourth-order valence-corrected chi connectivity index (χ4v) is 5.28. The first-order valence-corrected chi connectivity index (χ1v) is 7.03. The minimum absolute atomic E-state index is 0.401. The third-order valence-corrected chi connectivity index (χ3v) is 5.52. The molecule has 0 radical (unpaired) electrons. The third kappa shape index (κ3) is 1.44. The Morgan fingerprint density at radius 2 is 1.29 bits per heavy atom. The average Bonchev–Trinajstić information content (AvgIpc) is 2.27. The van der Waals surface area contributed by atoms with Gasteiger partial charge in [0, 0.05) is 0 Å². The SMILES string of the molecule is Oc1ccc([C@]23CC4CC(C[C@H](C4)C2)C3)cc1. The highest BCUT2D eigenvalue weighted by molar-refractivity contribution is 5.33. The maximum absolute atomic E-state index is 9.44. The summed E-state index contributed by atoms with van der Waals surface area (Å²) in [6.45, 7) is 0. The number of phenolic OH excluding ortho intramolecular Hbond substituents is 1. The molecule has 0 saturated heterocycles. The van der Waals surface area contributed by atoms with Gasteiger partial charge >= 0.3 is 0 Å². The molecule has 1 N–H and O–H groups in total. The van der Waals surface area contributed by atoms with Gasteiger partial charge < -0.3 is 5.11 Å². The second-order valence-electron chi connectivity index (χ2n) is 6.74. The molecule has 4 fully saturated rings. The Morgan fingerprint density at radius 1 is 0.824 bits per heavy atom. The molecule has 1 heteroatoms. The molecule has 5 rings (SSSR count). The summed E-state index contributed by atoms with van der Waals surface area (Å²) in [7, 11) is 0. The predicted octanol–water partition coefficient (Wildman–Crippen LogP) is 3.86. The Hall–Kier alpha value is -0.980. The highest BCUT2D eigenvalue weighted by Gasteiger charge is 2.51. The molecule has 1 nitrogen and oxygen atoms in total. The molecule has 4 saturated carbocycles. The molecule has 4 aliphatic carbocycles. The van der Waals surface area contributed by atoms with Crippen LogP contribution in [0.15, 0.2) is 24.3 Å². The summed E-state index contributed by atoms with van der Waals surface area (Å²) in [5.41, 5.74) is 1.97. The van der Waals surface area contributed by atoms with Crippen molar-refractivity contribution < 1.29 is 5.11 Å². The summed E-state index contributed by atoms with van der Waals surface area (Å²) in [4.78, 5) is 0. The van der Waals surface area contributed by atoms with Crippen LogP contribution in [0.4, 0.5) is 0 Å². The molecular formula is C16H20O. The smallest absolute Gasteiger partial charge is 0.115 e. The van der Waals surface area contributed by atoms with Crippen LogP contribution in [0, 0.1) is 17.8 Å². The van der Waals surface area contributed by atoms with Crippen molar-refractivity contribution in [1.82, 2.24) is 0 Å². The molecule has 0 aromatic heterocycles. The number of benzene rings is 1. The first-order chi connectivity index (χ1) is 8.23. The lowest BCUT2D eigenvalue weighted by Crippen LogP contribution is -2.48.